The number of aliphatic hydroxyl groups is 1. The third kappa shape index (κ3) is 4.69. The minimum absolute atomic E-state index is 0.00843. The molecule has 1 aromatic heterocycles. The average molecular weight is 399 g/mol. The van der Waals surface area contributed by atoms with Crippen molar-refractivity contribution in [2.75, 3.05) is 46.0 Å². The molecule has 2 atom stereocenters. The fraction of sp³-hybridized carbons (Fsp3) is 0.545. The number of amides is 1. The number of rotatable bonds is 6. The first kappa shape index (κ1) is 20.1. The number of aromatic nitrogens is 2. The molecule has 7 heteroatoms. The highest BCUT2D eigenvalue weighted by Gasteiger charge is 2.35. The molecule has 2 aliphatic rings. The molecule has 0 spiro atoms. The Morgan fingerprint density at radius 3 is 2.76 bits per heavy atom. The van der Waals surface area contributed by atoms with E-state index in [9.17, 15) is 9.90 Å². The normalized spacial score (nSPS) is 23.3. The van der Waals surface area contributed by atoms with Gasteiger partial charge in [-0.15, -0.1) is 0 Å². The number of aromatic amines is 1. The third-order valence-corrected chi connectivity index (χ3v) is 6.11. The number of morpholine rings is 1. The Labute approximate surface area is 171 Å². The van der Waals surface area contributed by atoms with Crippen LogP contribution in [0.15, 0.2) is 36.4 Å². The first-order valence-corrected chi connectivity index (χ1v) is 10.6. The number of nitrogens with one attached hydrogen (secondary N) is 1. The van der Waals surface area contributed by atoms with Crippen LogP contribution in [0.25, 0.3) is 11.3 Å². The molecule has 0 unspecified atom stereocenters. The summed E-state index contributed by atoms with van der Waals surface area (Å²) in [5, 5.41) is 16.6. The summed E-state index contributed by atoms with van der Waals surface area (Å²) in [5.74, 6) is 0.378. The van der Waals surface area contributed by atoms with Crippen LogP contribution in [0.2, 0.25) is 0 Å². The molecule has 0 radical (unpaired) electrons. The first-order chi connectivity index (χ1) is 14.3. The van der Waals surface area contributed by atoms with Gasteiger partial charge in [0.15, 0.2) is 0 Å². The smallest absolute Gasteiger partial charge is 0.271 e. The van der Waals surface area contributed by atoms with Gasteiger partial charge in [-0.05, 0) is 31.2 Å². The number of benzene rings is 1. The van der Waals surface area contributed by atoms with Crippen LogP contribution in [-0.2, 0) is 4.74 Å². The molecule has 4 rings (SSSR count). The molecule has 0 bridgehead atoms. The molecule has 1 aromatic carbocycles. The first-order valence-electron chi connectivity index (χ1n) is 10.6. The van der Waals surface area contributed by atoms with E-state index in [1.54, 1.807) is 0 Å². The minimum Gasteiger partial charge on any atom is -0.396 e. The molecule has 2 N–H and O–H groups in total. The monoisotopic (exact) mass is 398 g/mol. The number of hydrogen-bond donors (Lipinski definition) is 2. The van der Waals surface area contributed by atoms with E-state index >= 15 is 0 Å². The lowest BCUT2D eigenvalue weighted by molar-refractivity contribution is -0.0197. The molecule has 156 valence electrons. The van der Waals surface area contributed by atoms with Crippen LogP contribution in [-0.4, -0.2) is 83.1 Å². The Morgan fingerprint density at radius 2 is 2.00 bits per heavy atom. The van der Waals surface area contributed by atoms with E-state index in [0.717, 1.165) is 69.9 Å². The van der Waals surface area contributed by atoms with E-state index in [1.165, 1.54) is 0 Å². The number of ether oxygens (including phenoxy) is 1. The summed E-state index contributed by atoms with van der Waals surface area (Å²) < 4.78 is 5.51. The largest absolute Gasteiger partial charge is 0.396 e. The fourth-order valence-electron chi connectivity index (χ4n) is 4.59. The molecule has 2 aliphatic heterocycles. The number of nitrogens with zero attached hydrogens (tertiary/aromatic N) is 3. The number of H-pyrrole nitrogens is 1. The van der Waals surface area contributed by atoms with Crippen molar-refractivity contribution in [3.05, 3.63) is 42.1 Å². The van der Waals surface area contributed by atoms with Gasteiger partial charge < -0.3 is 14.7 Å². The molecule has 7 nitrogen and oxygen atoms in total. The molecule has 0 aliphatic carbocycles. The summed E-state index contributed by atoms with van der Waals surface area (Å²) in [6.45, 7) is 5.13. The summed E-state index contributed by atoms with van der Waals surface area (Å²) in [6.07, 6.45) is 2.66. The van der Waals surface area contributed by atoms with Gasteiger partial charge in [0.1, 0.15) is 5.69 Å². The van der Waals surface area contributed by atoms with Gasteiger partial charge in [-0.25, -0.2) is 0 Å². The maximum Gasteiger partial charge on any atom is 0.271 e. The summed E-state index contributed by atoms with van der Waals surface area (Å²) in [6, 6.07) is 12.2. The Hall–Kier alpha value is -2.22. The van der Waals surface area contributed by atoms with E-state index in [4.69, 9.17) is 4.74 Å². The van der Waals surface area contributed by atoms with Gasteiger partial charge in [-0.2, -0.15) is 5.10 Å². The van der Waals surface area contributed by atoms with Crippen molar-refractivity contribution in [2.45, 2.75) is 25.3 Å². The SMILES string of the molecule is O=C(c1cc(-c2ccccc2)n[nH]1)N1CC[C@H](N2CCOCC2)[C@H](CCCO)C1. The van der Waals surface area contributed by atoms with Crippen molar-refractivity contribution in [3.8, 4) is 11.3 Å². The highest BCUT2D eigenvalue weighted by molar-refractivity contribution is 5.93. The molecule has 3 heterocycles. The molecular formula is C22H30N4O3. The Bertz CT molecular complexity index is 788. The maximum atomic E-state index is 13.1. The fourth-order valence-corrected chi connectivity index (χ4v) is 4.59. The second kappa shape index (κ2) is 9.52. The van der Waals surface area contributed by atoms with E-state index in [2.05, 4.69) is 15.1 Å². The summed E-state index contributed by atoms with van der Waals surface area (Å²) in [5.41, 5.74) is 2.32. The van der Waals surface area contributed by atoms with Gasteiger partial charge in [-0.3, -0.25) is 14.8 Å². The second-order valence-electron chi connectivity index (χ2n) is 7.91. The van der Waals surface area contributed by atoms with Gasteiger partial charge in [0.2, 0.25) is 0 Å². The zero-order chi connectivity index (χ0) is 20.1. The van der Waals surface area contributed by atoms with Crippen molar-refractivity contribution in [1.29, 1.82) is 0 Å². The van der Waals surface area contributed by atoms with Crippen LogP contribution in [0, 0.1) is 5.92 Å². The van der Waals surface area contributed by atoms with Crippen molar-refractivity contribution < 1.29 is 14.6 Å². The van der Waals surface area contributed by atoms with Crippen molar-refractivity contribution in [1.82, 2.24) is 20.0 Å². The topological polar surface area (TPSA) is 81.7 Å². The Balaban J connectivity index is 1.44. The Morgan fingerprint density at radius 1 is 1.21 bits per heavy atom. The lowest BCUT2D eigenvalue weighted by Crippen LogP contribution is -2.55. The predicted molar refractivity (Wildman–Crippen MR) is 111 cm³/mol. The maximum absolute atomic E-state index is 13.1. The zero-order valence-corrected chi connectivity index (χ0v) is 16.8. The molecular weight excluding hydrogens is 368 g/mol. The molecule has 2 saturated heterocycles. The average Bonchev–Trinajstić information content (AvgIpc) is 3.28. The van der Waals surface area contributed by atoms with E-state index in [-0.39, 0.29) is 12.5 Å². The molecule has 2 fully saturated rings. The zero-order valence-electron chi connectivity index (χ0n) is 16.8. The van der Waals surface area contributed by atoms with Crippen LogP contribution < -0.4 is 0 Å². The standard InChI is InChI=1S/C22H30N4O3/c27-12-4-7-18-16-26(9-8-21(18)25-10-13-29-14-11-25)22(28)20-15-19(23-24-20)17-5-2-1-3-6-17/h1-3,5-6,15,18,21,27H,4,7-14,16H2,(H,23,24)/t18-,21+/m1/s1. The van der Waals surface area contributed by atoms with Crippen LogP contribution in [0.3, 0.4) is 0 Å². The van der Waals surface area contributed by atoms with Gasteiger partial charge in [0.25, 0.3) is 5.91 Å². The molecule has 29 heavy (non-hydrogen) atoms. The summed E-state index contributed by atoms with van der Waals surface area (Å²) in [4.78, 5) is 17.6. The van der Waals surface area contributed by atoms with Gasteiger partial charge in [-0.1, -0.05) is 30.3 Å². The van der Waals surface area contributed by atoms with Gasteiger partial charge >= 0.3 is 0 Å². The summed E-state index contributed by atoms with van der Waals surface area (Å²) in [7, 11) is 0. The lowest BCUT2D eigenvalue weighted by Gasteiger charge is -2.45. The van der Waals surface area contributed by atoms with Crippen molar-refractivity contribution in [2.24, 2.45) is 5.92 Å². The van der Waals surface area contributed by atoms with Gasteiger partial charge in [0.05, 0.1) is 18.9 Å². The van der Waals surface area contributed by atoms with E-state index in [1.807, 2.05) is 41.3 Å². The number of likely N-dealkylation sites (tertiary alicyclic amines) is 1. The molecule has 0 saturated carbocycles. The predicted octanol–water partition coefficient (Wildman–Crippen LogP) is 2.01. The summed E-state index contributed by atoms with van der Waals surface area (Å²) >= 11 is 0. The third-order valence-electron chi connectivity index (χ3n) is 6.11. The number of hydrogen-bond acceptors (Lipinski definition) is 5. The quantitative estimate of drug-likeness (QED) is 0.778. The highest BCUT2D eigenvalue weighted by atomic mass is 16.5. The number of carbonyl (C=O) groups excluding carboxylic acids is 1. The van der Waals surface area contributed by atoms with Crippen molar-refractivity contribution >= 4 is 5.91 Å². The van der Waals surface area contributed by atoms with Crippen LogP contribution in [0.1, 0.15) is 29.8 Å². The molecule has 1 amide bonds. The van der Waals surface area contributed by atoms with E-state index in [0.29, 0.717) is 17.7 Å². The minimum atomic E-state index is 0.00843. The number of aliphatic hydroxyl groups excluding tert-OH is 1. The van der Waals surface area contributed by atoms with Crippen LogP contribution in [0.4, 0.5) is 0 Å². The Kier molecular flexibility index (Phi) is 6.59. The molecule has 2 aromatic rings. The van der Waals surface area contributed by atoms with Crippen LogP contribution in [0.5, 0.6) is 0 Å². The van der Waals surface area contributed by atoms with Gasteiger partial charge in [0, 0.05) is 44.4 Å². The van der Waals surface area contributed by atoms with Crippen molar-refractivity contribution in [3.63, 3.8) is 0 Å². The lowest BCUT2D eigenvalue weighted by atomic mass is 9.86. The number of piperidine rings is 1. The van der Waals surface area contributed by atoms with E-state index < -0.39 is 0 Å². The second-order valence-corrected chi connectivity index (χ2v) is 7.91. The van der Waals surface area contributed by atoms with Crippen LogP contribution >= 0.6 is 0 Å². The number of carbonyl (C=O) groups is 1. The highest BCUT2D eigenvalue weighted by Crippen LogP contribution is 2.28.